The predicted molar refractivity (Wildman–Crippen MR) is 139 cm³/mol. The Bertz CT molecular complexity index is 1230. The molecule has 9 heteroatoms. The van der Waals surface area contributed by atoms with Gasteiger partial charge in [0.25, 0.3) is 0 Å². The van der Waals surface area contributed by atoms with Crippen LogP contribution in [0.1, 0.15) is 18.9 Å². The van der Waals surface area contributed by atoms with E-state index in [-0.39, 0.29) is 30.6 Å². The number of hydrogen-bond donors (Lipinski definition) is 1. The highest BCUT2D eigenvalue weighted by Crippen LogP contribution is 2.31. The van der Waals surface area contributed by atoms with E-state index in [1.165, 1.54) is 36.0 Å². The van der Waals surface area contributed by atoms with Crippen molar-refractivity contribution in [3.63, 3.8) is 0 Å². The molecule has 0 spiro atoms. The Kier molecular flexibility index (Phi) is 8.22. The van der Waals surface area contributed by atoms with Crippen molar-refractivity contribution >= 4 is 40.1 Å². The van der Waals surface area contributed by atoms with Gasteiger partial charge in [0, 0.05) is 12.1 Å². The van der Waals surface area contributed by atoms with Crippen molar-refractivity contribution in [3.8, 4) is 11.5 Å². The number of amides is 2. The van der Waals surface area contributed by atoms with Crippen molar-refractivity contribution in [1.29, 1.82) is 0 Å². The van der Waals surface area contributed by atoms with Crippen LogP contribution in [0, 0.1) is 5.82 Å². The summed E-state index contributed by atoms with van der Waals surface area (Å²) < 4.78 is 24.0. The van der Waals surface area contributed by atoms with Gasteiger partial charge in [0.05, 0.1) is 25.9 Å². The molecule has 2 amide bonds. The van der Waals surface area contributed by atoms with Gasteiger partial charge in [0.1, 0.15) is 22.6 Å². The SMILES string of the molecule is CCOc1ccc(NC(=O)[C@@H]2CC(=O)N(Cc3ccc(OC)cc3)C(=Nc3ccc(F)cc3)S2)cc1. The molecule has 0 unspecified atom stereocenters. The van der Waals surface area contributed by atoms with E-state index in [0.717, 1.165) is 5.56 Å². The second-order valence-electron chi connectivity index (χ2n) is 7.96. The van der Waals surface area contributed by atoms with Gasteiger partial charge in [-0.3, -0.25) is 14.5 Å². The number of nitrogens with zero attached hydrogens (tertiary/aromatic N) is 2. The zero-order valence-corrected chi connectivity index (χ0v) is 20.8. The van der Waals surface area contributed by atoms with Gasteiger partial charge >= 0.3 is 0 Å². The monoisotopic (exact) mass is 507 g/mol. The van der Waals surface area contributed by atoms with Crippen LogP contribution in [0.5, 0.6) is 11.5 Å². The first-order valence-electron chi connectivity index (χ1n) is 11.4. The zero-order valence-electron chi connectivity index (χ0n) is 19.9. The fourth-order valence-corrected chi connectivity index (χ4v) is 4.66. The van der Waals surface area contributed by atoms with Crippen LogP contribution in [0.3, 0.4) is 0 Å². The number of carbonyl (C=O) groups excluding carboxylic acids is 2. The number of aliphatic imine (C=N–C) groups is 1. The van der Waals surface area contributed by atoms with Crippen LogP contribution in [-0.2, 0) is 16.1 Å². The van der Waals surface area contributed by atoms with E-state index < -0.39 is 5.25 Å². The Morgan fingerprint density at radius 3 is 2.36 bits per heavy atom. The number of nitrogens with one attached hydrogen (secondary N) is 1. The summed E-state index contributed by atoms with van der Waals surface area (Å²) in [6, 6.07) is 20.1. The van der Waals surface area contributed by atoms with Gasteiger partial charge in [-0.15, -0.1) is 0 Å². The molecule has 1 atom stereocenters. The molecular formula is C27H26FN3O4S. The number of rotatable bonds is 8. The molecule has 1 fully saturated rings. The molecule has 1 heterocycles. The first-order chi connectivity index (χ1) is 17.4. The molecule has 0 aromatic heterocycles. The van der Waals surface area contributed by atoms with Gasteiger partial charge in [-0.2, -0.15) is 0 Å². The summed E-state index contributed by atoms with van der Waals surface area (Å²) in [5.74, 6) is 0.518. The van der Waals surface area contributed by atoms with Crippen LogP contribution in [0.4, 0.5) is 15.8 Å². The minimum atomic E-state index is -0.671. The van der Waals surface area contributed by atoms with Crippen molar-refractivity contribution < 1.29 is 23.5 Å². The normalized spacial score (nSPS) is 16.6. The summed E-state index contributed by atoms with van der Waals surface area (Å²) in [4.78, 5) is 32.4. The minimum absolute atomic E-state index is 0.0200. The molecule has 7 nitrogen and oxygen atoms in total. The van der Waals surface area contributed by atoms with Crippen molar-refractivity contribution in [2.24, 2.45) is 4.99 Å². The second kappa shape index (κ2) is 11.7. The Balaban J connectivity index is 1.55. The molecule has 3 aromatic carbocycles. The Morgan fingerprint density at radius 2 is 1.72 bits per heavy atom. The fourth-order valence-electron chi connectivity index (χ4n) is 3.56. The van der Waals surface area contributed by atoms with Crippen LogP contribution in [-0.4, -0.2) is 40.8 Å². The van der Waals surface area contributed by atoms with Gasteiger partial charge < -0.3 is 14.8 Å². The standard InChI is InChI=1S/C27H26FN3O4S/c1-3-35-23-14-10-20(11-15-23)29-26(33)24-16-25(32)31(17-18-4-12-22(34-2)13-5-18)27(36-24)30-21-8-6-19(28)7-9-21/h4-15,24H,3,16-17H2,1-2H3,(H,29,33)/t24-/m0/s1. The van der Waals surface area contributed by atoms with Gasteiger partial charge in [0.2, 0.25) is 11.8 Å². The Labute approximate surface area is 213 Å². The molecule has 0 radical (unpaired) electrons. The summed E-state index contributed by atoms with van der Waals surface area (Å²) in [5, 5.41) is 2.57. The number of halogens is 1. The number of methoxy groups -OCH3 is 1. The lowest BCUT2D eigenvalue weighted by atomic mass is 10.2. The van der Waals surface area contributed by atoms with Gasteiger partial charge in [-0.1, -0.05) is 23.9 Å². The second-order valence-corrected chi connectivity index (χ2v) is 9.13. The molecule has 0 aliphatic carbocycles. The lowest BCUT2D eigenvalue weighted by molar-refractivity contribution is -0.129. The molecule has 1 aliphatic rings. The lowest BCUT2D eigenvalue weighted by Gasteiger charge is -2.32. The topological polar surface area (TPSA) is 80.2 Å². The number of anilines is 1. The molecule has 0 bridgehead atoms. The summed E-state index contributed by atoms with van der Waals surface area (Å²) in [6.45, 7) is 2.73. The number of thioether (sulfide) groups is 1. The van der Waals surface area contributed by atoms with Crippen LogP contribution in [0.25, 0.3) is 0 Å². The Hall–Kier alpha value is -3.85. The van der Waals surface area contributed by atoms with E-state index in [4.69, 9.17) is 9.47 Å². The average Bonchev–Trinajstić information content (AvgIpc) is 2.89. The molecule has 1 saturated heterocycles. The quantitative estimate of drug-likeness (QED) is 0.442. The largest absolute Gasteiger partial charge is 0.497 e. The summed E-state index contributed by atoms with van der Waals surface area (Å²) in [6.07, 6.45) is 0.0200. The van der Waals surface area contributed by atoms with Crippen LogP contribution >= 0.6 is 11.8 Å². The lowest BCUT2D eigenvalue weighted by Crippen LogP contribution is -2.44. The van der Waals surface area contributed by atoms with Crippen molar-refractivity contribution in [2.75, 3.05) is 19.0 Å². The number of hydrogen-bond acceptors (Lipinski definition) is 6. The predicted octanol–water partition coefficient (Wildman–Crippen LogP) is 5.39. The van der Waals surface area contributed by atoms with E-state index >= 15 is 0 Å². The van der Waals surface area contributed by atoms with Crippen molar-refractivity contribution in [3.05, 3.63) is 84.2 Å². The minimum Gasteiger partial charge on any atom is -0.497 e. The molecule has 3 aromatic rings. The van der Waals surface area contributed by atoms with Crippen LogP contribution < -0.4 is 14.8 Å². The smallest absolute Gasteiger partial charge is 0.238 e. The molecule has 186 valence electrons. The third kappa shape index (κ3) is 6.42. The highest BCUT2D eigenvalue weighted by atomic mass is 32.2. The highest BCUT2D eigenvalue weighted by molar-refractivity contribution is 8.15. The maximum atomic E-state index is 13.4. The molecule has 4 rings (SSSR count). The molecular weight excluding hydrogens is 481 g/mol. The van der Waals surface area contributed by atoms with E-state index in [1.54, 1.807) is 36.3 Å². The van der Waals surface area contributed by atoms with Crippen LogP contribution in [0.2, 0.25) is 0 Å². The number of carbonyl (C=O) groups is 2. The maximum absolute atomic E-state index is 13.4. The Morgan fingerprint density at radius 1 is 1.06 bits per heavy atom. The first-order valence-corrected chi connectivity index (χ1v) is 12.3. The summed E-state index contributed by atoms with van der Waals surface area (Å²) >= 11 is 1.21. The number of ether oxygens (including phenoxy) is 2. The summed E-state index contributed by atoms with van der Waals surface area (Å²) in [7, 11) is 1.59. The number of amidine groups is 1. The average molecular weight is 508 g/mol. The summed E-state index contributed by atoms with van der Waals surface area (Å²) in [5.41, 5.74) is 1.97. The van der Waals surface area contributed by atoms with E-state index in [0.29, 0.717) is 34.6 Å². The van der Waals surface area contributed by atoms with E-state index in [9.17, 15) is 14.0 Å². The molecule has 1 N–H and O–H groups in total. The zero-order chi connectivity index (χ0) is 25.5. The van der Waals surface area contributed by atoms with Crippen LogP contribution in [0.15, 0.2) is 77.8 Å². The van der Waals surface area contributed by atoms with Gasteiger partial charge in [-0.25, -0.2) is 9.38 Å². The van der Waals surface area contributed by atoms with Gasteiger partial charge in [0.15, 0.2) is 5.17 Å². The molecule has 36 heavy (non-hydrogen) atoms. The van der Waals surface area contributed by atoms with E-state index in [2.05, 4.69) is 10.3 Å². The highest BCUT2D eigenvalue weighted by Gasteiger charge is 2.36. The number of benzene rings is 3. The maximum Gasteiger partial charge on any atom is 0.238 e. The van der Waals surface area contributed by atoms with Gasteiger partial charge in [-0.05, 0) is 73.2 Å². The van der Waals surface area contributed by atoms with E-state index in [1.807, 2.05) is 31.2 Å². The first kappa shape index (κ1) is 25.2. The molecule has 1 aliphatic heterocycles. The molecule has 0 saturated carbocycles. The van der Waals surface area contributed by atoms with Crippen molar-refractivity contribution in [1.82, 2.24) is 4.90 Å². The fraction of sp³-hybridized carbons (Fsp3) is 0.222. The third-order valence-corrected chi connectivity index (χ3v) is 6.60. The van der Waals surface area contributed by atoms with Crippen molar-refractivity contribution in [2.45, 2.75) is 25.1 Å². The third-order valence-electron chi connectivity index (χ3n) is 5.42.